The van der Waals surface area contributed by atoms with Gasteiger partial charge >= 0.3 is 0 Å². The molecule has 0 aliphatic heterocycles. The van der Waals surface area contributed by atoms with Crippen LogP contribution in [-0.4, -0.2) is 51.1 Å². The number of phenolic OH excluding ortho intramolecular Hbond substituents is 1. The van der Waals surface area contributed by atoms with Gasteiger partial charge in [-0.3, -0.25) is 13.7 Å². The monoisotopic (exact) mass is 582 g/mol. The molecule has 0 bridgehead atoms. The Hall–Kier alpha value is -3.67. The fraction of sp³-hybridized carbons (Fsp3) is 0.0909. The molecular formula is C22H18N2O11S3. The number of rotatable bonds is 6. The fourth-order valence-corrected chi connectivity index (χ4v) is 6.28. The minimum Gasteiger partial charge on any atom is -0.506 e. The summed E-state index contributed by atoms with van der Waals surface area (Å²) >= 11 is 0. The van der Waals surface area contributed by atoms with Crippen molar-refractivity contribution in [2.75, 3.05) is 7.11 Å². The first-order valence-electron chi connectivity index (χ1n) is 10.3. The first-order chi connectivity index (χ1) is 17.5. The van der Waals surface area contributed by atoms with Crippen molar-refractivity contribution in [2.45, 2.75) is 21.6 Å². The van der Waals surface area contributed by atoms with Crippen LogP contribution in [-0.2, 0) is 30.4 Å². The Morgan fingerprint density at radius 1 is 0.737 bits per heavy atom. The second kappa shape index (κ2) is 9.26. The smallest absolute Gasteiger partial charge is 0.295 e. The second-order valence-electron chi connectivity index (χ2n) is 8.00. The zero-order chi connectivity index (χ0) is 28.2. The number of ether oxygens (including phenoxy) is 1. The molecule has 0 saturated heterocycles. The summed E-state index contributed by atoms with van der Waals surface area (Å²) in [6.07, 6.45) is 0. The molecule has 0 spiro atoms. The maximum atomic E-state index is 12.1. The minimum absolute atomic E-state index is 0.0609. The Bertz CT molecular complexity index is 2000. The van der Waals surface area contributed by atoms with Crippen LogP contribution < -0.4 is 4.74 Å². The molecule has 0 heterocycles. The van der Waals surface area contributed by atoms with Crippen LogP contribution in [0.2, 0.25) is 0 Å². The van der Waals surface area contributed by atoms with Gasteiger partial charge in [0.1, 0.15) is 32.7 Å². The largest absolute Gasteiger partial charge is 0.506 e. The molecule has 200 valence electrons. The lowest BCUT2D eigenvalue weighted by Crippen LogP contribution is -2.04. The van der Waals surface area contributed by atoms with Crippen molar-refractivity contribution < 1.29 is 48.8 Å². The average Bonchev–Trinajstić information content (AvgIpc) is 2.80. The molecule has 4 rings (SSSR count). The van der Waals surface area contributed by atoms with Gasteiger partial charge in [0.2, 0.25) is 0 Å². The Morgan fingerprint density at radius 3 is 1.95 bits per heavy atom. The van der Waals surface area contributed by atoms with Crippen LogP contribution in [0.3, 0.4) is 0 Å². The molecule has 0 fully saturated rings. The Balaban J connectivity index is 2.08. The number of aryl methyl sites for hydroxylation is 1. The minimum atomic E-state index is -5.12. The van der Waals surface area contributed by atoms with Crippen LogP contribution in [0.5, 0.6) is 11.5 Å². The first kappa shape index (κ1) is 27.4. The average molecular weight is 583 g/mol. The number of hydrogen-bond donors (Lipinski definition) is 4. The van der Waals surface area contributed by atoms with Gasteiger partial charge in [-0.2, -0.15) is 25.3 Å². The Morgan fingerprint density at radius 2 is 1.37 bits per heavy atom. The van der Waals surface area contributed by atoms with Crippen LogP contribution in [0.4, 0.5) is 11.4 Å². The predicted molar refractivity (Wildman–Crippen MR) is 134 cm³/mol. The number of aromatic hydroxyl groups is 1. The van der Waals surface area contributed by atoms with Crippen molar-refractivity contribution in [3.63, 3.8) is 0 Å². The SMILES string of the molecule is COc1ccc2c(S(=O)(=O)O)c(C)ccc2c1N=Nc1c(O)ccc2cc(S(=O)(=O)O)cc(S(=O)(=O)O)c12. The number of azo groups is 1. The number of fused-ring (bicyclic) bond motifs is 2. The van der Waals surface area contributed by atoms with E-state index in [1.54, 1.807) is 0 Å². The van der Waals surface area contributed by atoms with E-state index in [1.165, 1.54) is 38.3 Å². The van der Waals surface area contributed by atoms with Crippen molar-refractivity contribution in [1.82, 2.24) is 0 Å². The van der Waals surface area contributed by atoms with Gasteiger partial charge in [0.15, 0.2) is 0 Å². The molecule has 0 radical (unpaired) electrons. The molecule has 0 aliphatic carbocycles. The van der Waals surface area contributed by atoms with E-state index >= 15 is 0 Å². The summed E-state index contributed by atoms with van der Waals surface area (Å²) < 4.78 is 106. The predicted octanol–water partition coefficient (Wildman–Crippen LogP) is 4.17. The zero-order valence-electron chi connectivity index (χ0n) is 19.4. The Kier molecular flexibility index (Phi) is 6.67. The lowest BCUT2D eigenvalue weighted by molar-refractivity contribution is 0.416. The number of phenols is 1. The molecule has 13 nitrogen and oxygen atoms in total. The van der Waals surface area contributed by atoms with Crippen molar-refractivity contribution in [2.24, 2.45) is 10.2 Å². The van der Waals surface area contributed by atoms with E-state index in [4.69, 9.17) is 4.74 Å². The molecule has 0 aliphatic rings. The van der Waals surface area contributed by atoms with Crippen molar-refractivity contribution in [3.8, 4) is 11.5 Å². The normalized spacial score (nSPS) is 13.0. The quantitative estimate of drug-likeness (QED) is 0.187. The fourth-order valence-electron chi connectivity index (χ4n) is 3.99. The van der Waals surface area contributed by atoms with E-state index in [9.17, 15) is 44.0 Å². The van der Waals surface area contributed by atoms with E-state index in [0.29, 0.717) is 6.07 Å². The lowest BCUT2D eigenvalue weighted by atomic mass is 10.1. The summed E-state index contributed by atoms with van der Waals surface area (Å²) in [5.41, 5.74) is -0.320. The number of nitrogens with zero attached hydrogens (tertiary/aromatic N) is 2. The molecule has 0 unspecified atom stereocenters. The third kappa shape index (κ3) is 4.92. The Labute approximate surface area is 216 Å². The van der Waals surface area contributed by atoms with Crippen LogP contribution >= 0.6 is 0 Å². The highest BCUT2D eigenvalue weighted by molar-refractivity contribution is 7.87. The van der Waals surface area contributed by atoms with Crippen molar-refractivity contribution in [1.29, 1.82) is 0 Å². The van der Waals surface area contributed by atoms with Crippen molar-refractivity contribution >= 4 is 63.3 Å². The second-order valence-corrected chi connectivity index (χ2v) is 12.2. The van der Waals surface area contributed by atoms with E-state index in [2.05, 4.69) is 10.2 Å². The summed E-state index contributed by atoms with van der Waals surface area (Å²) in [4.78, 5) is -2.20. The van der Waals surface area contributed by atoms with Gasteiger partial charge in [0, 0.05) is 16.2 Å². The topological polar surface area (TPSA) is 217 Å². The summed E-state index contributed by atoms with van der Waals surface area (Å²) in [6, 6.07) is 9.21. The molecular weight excluding hydrogens is 564 g/mol. The third-order valence-electron chi connectivity index (χ3n) is 5.59. The maximum Gasteiger partial charge on any atom is 0.295 e. The maximum absolute atomic E-state index is 12.1. The van der Waals surface area contributed by atoms with Gasteiger partial charge in [0.25, 0.3) is 30.4 Å². The zero-order valence-corrected chi connectivity index (χ0v) is 21.8. The van der Waals surface area contributed by atoms with Gasteiger partial charge in [-0.15, -0.1) is 10.2 Å². The van der Waals surface area contributed by atoms with E-state index in [0.717, 1.165) is 18.2 Å². The lowest BCUT2D eigenvalue weighted by Gasteiger charge is -2.12. The summed E-state index contributed by atoms with van der Waals surface area (Å²) in [5.74, 6) is -0.519. The molecule has 4 N–H and O–H groups in total. The van der Waals surface area contributed by atoms with E-state index in [1.807, 2.05) is 0 Å². The number of hydrogen-bond acceptors (Lipinski definition) is 10. The van der Waals surface area contributed by atoms with Crippen LogP contribution in [0.1, 0.15) is 5.56 Å². The highest BCUT2D eigenvalue weighted by atomic mass is 32.2. The first-order valence-corrected chi connectivity index (χ1v) is 14.6. The molecule has 4 aromatic carbocycles. The van der Waals surface area contributed by atoms with E-state index < -0.39 is 57.0 Å². The number of benzene rings is 4. The highest BCUT2D eigenvalue weighted by Gasteiger charge is 2.25. The standard InChI is InChI=1S/C22H18N2O11S3/c1-11-3-5-14-15(22(11)38(32,33)34)6-8-17(35-2)20(14)23-24-21-16(25)7-4-12-9-13(36(26,27)28)10-18(19(12)21)37(29,30)31/h3-10,25H,1-2H3,(H,26,27,28)(H,29,30,31)(H,32,33,34). The van der Waals surface area contributed by atoms with Crippen LogP contribution in [0.15, 0.2) is 73.4 Å². The van der Waals surface area contributed by atoms with Gasteiger partial charge in [-0.1, -0.05) is 18.2 Å². The molecule has 16 heteroatoms. The van der Waals surface area contributed by atoms with Crippen molar-refractivity contribution in [3.05, 3.63) is 54.1 Å². The van der Waals surface area contributed by atoms with Crippen LogP contribution in [0.25, 0.3) is 21.5 Å². The molecule has 4 aromatic rings. The molecule has 0 aromatic heterocycles. The van der Waals surface area contributed by atoms with Gasteiger partial charge in [0.05, 0.1) is 12.0 Å². The summed E-state index contributed by atoms with van der Waals surface area (Å²) in [5, 5.41) is 18.2. The molecule has 0 atom stereocenters. The molecule has 38 heavy (non-hydrogen) atoms. The highest BCUT2D eigenvalue weighted by Crippen LogP contribution is 2.44. The van der Waals surface area contributed by atoms with E-state index in [-0.39, 0.29) is 38.1 Å². The third-order valence-corrected chi connectivity index (χ3v) is 8.36. The van der Waals surface area contributed by atoms with Crippen LogP contribution in [0, 0.1) is 6.92 Å². The number of methoxy groups -OCH3 is 1. The summed E-state index contributed by atoms with van der Waals surface area (Å²) in [7, 11) is -13.4. The van der Waals surface area contributed by atoms with Gasteiger partial charge in [-0.05, 0) is 48.2 Å². The van der Waals surface area contributed by atoms with Gasteiger partial charge < -0.3 is 9.84 Å². The molecule has 0 saturated carbocycles. The molecule has 0 amide bonds. The van der Waals surface area contributed by atoms with Gasteiger partial charge in [-0.25, -0.2) is 0 Å². The summed E-state index contributed by atoms with van der Waals surface area (Å²) in [6.45, 7) is 1.47.